The first-order valence-electron chi connectivity index (χ1n) is 1.84. The predicted octanol–water partition coefficient (Wildman–Crippen LogP) is -5.71. The summed E-state index contributed by atoms with van der Waals surface area (Å²) in [7, 11) is -10.9. The van der Waals surface area contributed by atoms with Gasteiger partial charge < -0.3 is 43.1 Å². The van der Waals surface area contributed by atoms with E-state index >= 15 is 0 Å². The second kappa shape index (κ2) is 18.8. The molecule has 0 aliphatic heterocycles. The standard InChI is InChI=1S/3H3O3P.W/c3*1-4(2)3;/h3*4H,(H2,1,2,3);/q;;;+6/p-6. The molecule has 0 rings (SSSR count). The summed E-state index contributed by atoms with van der Waals surface area (Å²) in [6.07, 6.45) is 0. The monoisotopic (exact) mass is 424 g/mol. The fourth-order valence-electron chi connectivity index (χ4n) is 0. The molecule has 0 fully saturated rings. The molecule has 0 aromatic heterocycles. The molecule has 0 atom stereocenters. The van der Waals surface area contributed by atoms with Gasteiger partial charge in [0.2, 0.25) is 0 Å². The van der Waals surface area contributed by atoms with Crippen LogP contribution in [0.3, 0.4) is 0 Å². The van der Waals surface area contributed by atoms with Crippen molar-refractivity contribution in [3.05, 3.63) is 0 Å². The van der Waals surface area contributed by atoms with Crippen LogP contribution in [0.15, 0.2) is 0 Å². The van der Waals surface area contributed by atoms with Crippen LogP contribution in [-0.4, -0.2) is 0 Å². The molecule has 0 unspecified atom stereocenters. The van der Waals surface area contributed by atoms with E-state index in [0.717, 1.165) is 0 Å². The Morgan fingerprint density at radius 1 is 0.538 bits per heavy atom. The Bertz CT molecular complexity index is 112. The molecule has 0 heterocycles. The van der Waals surface area contributed by atoms with Crippen molar-refractivity contribution < 1.29 is 64.1 Å². The van der Waals surface area contributed by atoms with Crippen LogP contribution in [0.4, 0.5) is 0 Å². The number of hydrogen-bond acceptors (Lipinski definition) is 9. The van der Waals surface area contributed by atoms with Gasteiger partial charge in [0, 0.05) is 0 Å². The molecule has 0 saturated carbocycles. The molecule has 0 spiro atoms. The predicted molar refractivity (Wildman–Crippen MR) is 27.0 cm³/mol. The van der Waals surface area contributed by atoms with Crippen molar-refractivity contribution in [3.8, 4) is 0 Å². The zero-order valence-corrected chi connectivity index (χ0v) is 11.5. The smallest absolute Gasteiger partial charge is 0.813 e. The van der Waals surface area contributed by atoms with Crippen molar-refractivity contribution in [2.45, 2.75) is 0 Å². The minimum Gasteiger partial charge on any atom is -0.813 e. The van der Waals surface area contributed by atoms with E-state index in [1.165, 1.54) is 0 Å². The van der Waals surface area contributed by atoms with Crippen LogP contribution < -0.4 is 29.4 Å². The van der Waals surface area contributed by atoms with Crippen molar-refractivity contribution in [1.29, 1.82) is 0 Å². The fraction of sp³-hybridized carbons (Fsp3) is 0. The Labute approximate surface area is 89.2 Å². The summed E-state index contributed by atoms with van der Waals surface area (Å²) in [4.78, 5) is 51.1. The maximum Gasteiger partial charge on any atom is 6.00 e. The second-order valence-electron chi connectivity index (χ2n) is 0.750. The Hall–Kier alpha value is 1.14. The largest absolute Gasteiger partial charge is 6.00 e. The van der Waals surface area contributed by atoms with Crippen molar-refractivity contribution >= 4 is 24.8 Å². The van der Waals surface area contributed by atoms with E-state index in [4.69, 9.17) is 43.1 Å². The SMILES string of the molecule is O=[PH]([O-])[O-].O=[PH]([O-])[O-].O=[PH]([O-])[O-].[W+6]. The first kappa shape index (κ1) is 23.7. The molecule has 0 radical (unpaired) electrons. The van der Waals surface area contributed by atoms with Gasteiger partial charge in [-0.15, -0.1) is 0 Å². The van der Waals surface area contributed by atoms with Crippen LogP contribution in [0.1, 0.15) is 0 Å². The first-order valence-corrected chi connectivity index (χ1v) is 5.51. The quantitative estimate of drug-likeness (QED) is 0.341. The Balaban J connectivity index is -0.0000000450. The zero-order chi connectivity index (χ0) is 10.7. The summed E-state index contributed by atoms with van der Waals surface area (Å²) in [6, 6.07) is 0. The second-order valence-corrected chi connectivity index (χ2v) is 2.25. The van der Waals surface area contributed by atoms with Gasteiger partial charge in [0.15, 0.2) is 0 Å². The van der Waals surface area contributed by atoms with Gasteiger partial charge >= 0.3 is 21.1 Å². The van der Waals surface area contributed by atoms with E-state index in [0.29, 0.717) is 0 Å². The molecule has 0 aromatic carbocycles. The summed E-state index contributed by atoms with van der Waals surface area (Å²) < 4.78 is 25.6. The Kier molecular flexibility index (Phi) is 34.4. The van der Waals surface area contributed by atoms with E-state index in [9.17, 15) is 0 Å². The van der Waals surface area contributed by atoms with Crippen LogP contribution in [0, 0.1) is 0 Å². The van der Waals surface area contributed by atoms with Crippen LogP contribution >= 0.6 is 24.8 Å². The molecule has 0 amide bonds. The summed E-state index contributed by atoms with van der Waals surface area (Å²) in [5.74, 6) is 0. The Morgan fingerprint density at radius 3 is 0.538 bits per heavy atom. The molecule has 78 valence electrons. The van der Waals surface area contributed by atoms with Crippen LogP contribution in [0.2, 0.25) is 0 Å². The first-order chi connectivity index (χ1) is 5.20. The fourth-order valence-corrected chi connectivity index (χ4v) is 0. The summed E-state index contributed by atoms with van der Waals surface area (Å²) in [5.41, 5.74) is 0. The van der Waals surface area contributed by atoms with Gasteiger partial charge in [-0.2, -0.15) is 0 Å². The molecule has 9 nitrogen and oxygen atoms in total. The molecule has 0 aliphatic carbocycles. The van der Waals surface area contributed by atoms with Gasteiger partial charge in [-0.1, -0.05) is 24.8 Å². The molecule has 0 saturated heterocycles. The molecule has 13 heteroatoms. The van der Waals surface area contributed by atoms with Crippen molar-refractivity contribution in [2.24, 2.45) is 0 Å². The maximum absolute atomic E-state index is 8.52. The molecule has 0 aromatic rings. The third kappa shape index (κ3) is 1260. The number of hydrogen-bond donors (Lipinski definition) is 0. The van der Waals surface area contributed by atoms with Crippen molar-refractivity contribution in [2.75, 3.05) is 0 Å². The third-order valence-electron chi connectivity index (χ3n) is 0. The van der Waals surface area contributed by atoms with E-state index < -0.39 is 24.8 Å². The minimum atomic E-state index is -3.63. The molecule has 0 N–H and O–H groups in total. The van der Waals surface area contributed by atoms with E-state index in [-0.39, 0.29) is 21.1 Å². The Morgan fingerprint density at radius 2 is 0.538 bits per heavy atom. The topological polar surface area (TPSA) is 190 Å². The zero-order valence-electron chi connectivity index (χ0n) is 5.58. The van der Waals surface area contributed by atoms with Gasteiger partial charge in [-0.3, -0.25) is 0 Å². The van der Waals surface area contributed by atoms with E-state index in [1.54, 1.807) is 0 Å². The average Bonchev–Trinajstić information content (AvgIpc) is 1.54. The molecule has 0 bridgehead atoms. The van der Waals surface area contributed by atoms with Crippen molar-refractivity contribution in [1.82, 2.24) is 0 Å². The maximum atomic E-state index is 8.52. The van der Waals surface area contributed by atoms with Crippen molar-refractivity contribution in [3.63, 3.8) is 0 Å². The number of rotatable bonds is 0. The minimum absolute atomic E-state index is 0. The van der Waals surface area contributed by atoms with E-state index in [1.807, 2.05) is 0 Å². The summed E-state index contributed by atoms with van der Waals surface area (Å²) in [5, 5.41) is 0. The molecular weight excluding hydrogens is 421 g/mol. The third-order valence-corrected chi connectivity index (χ3v) is 0. The van der Waals surface area contributed by atoms with Gasteiger partial charge in [-0.25, -0.2) is 0 Å². The van der Waals surface area contributed by atoms with Gasteiger partial charge in [-0.05, 0) is 0 Å². The molecule has 13 heavy (non-hydrogen) atoms. The van der Waals surface area contributed by atoms with E-state index in [2.05, 4.69) is 0 Å². The molecular formula is H3O9P3W. The summed E-state index contributed by atoms with van der Waals surface area (Å²) in [6.45, 7) is 0. The van der Waals surface area contributed by atoms with Crippen LogP contribution in [0.5, 0.6) is 0 Å². The summed E-state index contributed by atoms with van der Waals surface area (Å²) >= 11 is 0. The van der Waals surface area contributed by atoms with Crippen LogP contribution in [-0.2, 0) is 34.8 Å². The van der Waals surface area contributed by atoms with Gasteiger partial charge in [0.05, 0.1) is 0 Å². The van der Waals surface area contributed by atoms with Gasteiger partial charge in [0.25, 0.3) is 0 Å². The average molecular weight is 424 g/mol. The molecule has 0 aliphatic rings. The normalized spacial score (nSPS) is 8.08. The van der Waals surface area contributed by atoms with Gasteiger partial charge in [0.1, 0.15) is 0 Å². The van der Waals surface area contributed by atoms with Crippen LogP contribution in [0.25, 0.3) is 0 Å².